The van der Waals surface area contributed by atoms with Crippen LogP contribution in [0.4, 0.5) is 0 Å². The van der Waals surface area contributed by atoms with Gasteiger partial charge in [0.2, 0.25) is 0 Å². The maximum absolute atomic E-state index is 5.82. The van der Waals surface area contributed by atoms with Gasteiger partial charge in [-0.1, -0.05) is 0 Å². The SMILES string of the molecule is NC(=NCc1ccsc1)NCCCN1CCOCC1. The standard InChI is InChI=1S/C13H22N4OS/c14-13(16-10-12-2-9-19-11-12)15-3-1-4-17-5-7-18-8-6-17/h2,9,11H,1,3-8,10H2,(H3,14,15,16). The molecule has 106 valence electrons. The van der Waals surface area contributed by atoms with Gasteiger partial charge in [0.05, 0.1) is 19.8 Å². The molecule has 0 aromatic carbocycles. The zero-order chi connectivity index (χ0) is 13.3. The van der Waals surface area contributed by atoms with Gasteiger partial charge >= 0.3 is 0 Å². The zero-order valence-corrected chi connectivity index (χ0v) is 12.0. The highest BCUT2D eigenvalue weighted by atomic mass is 32.1. The van der Waals surface area contributed by atoms with Crippen LogP contribution in [-0.2, 0) is 11.3 Å². The number of hydrogen-bond donors (Lipinski definition) is 2. The Bertz CT molecular complexity index is 374. The maximum Gasteiger partial charge on any atom is 0.188 e. The molecule has 1 saturated heterocycles. The van der Waals surface area contributed by atoms with Gasteiger partial charge < -0.3 is 15.8 Å². The second-order valence-electron chi connectivity index (χ2n) is 4.57. The third-order valence-corrected chi connectivity index (χ3v) is 3.81. The molecule has 5 nitrogen and oxygen atoms in total. The van der Waals surface area contributed by atoms with E-state index in [1.807, 2.05) is 0 Å². The van der Waals surface area contributed by atoms with Gasteiger partial charge in [0.25, 0.3) is 0 Å². The lowest BCUT2D eigenvalue weighted by Crippen LogP contribution is -2.39. The highest BCUT2D eigenvalue weighted by Gasteiger charge is 2.08. The molecule has 0 spiro atoms. The smallest absolute Gasteiger partial charge is 0.188 e. The van der Waals surface area contributed by atoms with Gasteiger partial charge in [0.15, 0.2) is 5.96 Å². The minimum atomic E-state index is 0.535. The summed E-state index contributed by atoms with van der Waals surface area (Å²) in [5.41, 5.74) is 7.03. The van der Waals surface area contributed by atoms with E-state index in [-0.39, 0.29) is 0 Å². The van der Waals surface area contributed by atoms with Crippen LogP contribution in [-0.4, -0.2) is 50.3 Å². The molecule has 0 atom stereocenters. The minimum absolute atomic E-state index is 0.535. The fraction of sp³-hybridized carbons (Fsp3) is 0.615. The Labute approximate surface area is 118 Å². The van der Waals surface area contributed by atoms with E-state index in [0.717, 1.165) is 45.8 Å². The fourth-order valence-electron chi connectivity index (χ4n) is 1.96. The van der Waals surface area contributed by atoms with Crippen LogP contribution < -0.4 is 11.1 Å². The van der Waals surface area contributed by atoms with Gasteiger partial charge in [0, 0.05) is 19.6 Å². The predicted molar refractivity (Wildman–Crippen MR) is 79.5 cm³/mol. The second kappa shape index (κ2) is 8.14. The first kappa shape index (κ1) is 14.3. The molecule has 1 aromatic heterocycles. The van der Waals surface area contributed by atoms with Crippen molar-refractivity contribution in [2.75, 3.05) is 39.4 Å². The van der Waals surface area contributed by atoms with Gasteiger partial charge in [-0.3, -0.25) is 4.90 Å². The number of morpholine rings is 1. The molecular formula is C13H22N4OS. The van der Waals surface area contributed by atoms with Gasteiger partial charge in [-0.25, -0.2) is 4.99 Å². The van der Waals surface area contributed by atoms with Gasteiger partial charge in [0.1, 0.15) is 0 Å². The predicted octanol–water partition coefficient (Wildman–Crippen LogP) is 0.875. The molecule has 19 heavy (non-hydrogen) atoms. The Morgan fingerprint density at radius 3 is 3.05 bits per heavy atom. The molecule has 0 aliphatic carbocycles. The number of nitrogens with zero attached hydrogens (tertiary/aromatic N) is 2. The third-order valence-electron chi connectivity index (χ3n) is 3.07. The summed E-state index contributed by atoms with van der Waals surface area (Å²) in [6.45, 7) is 6.43. The molecule has 0 unspecified atom stereocenters. The fourth-order valence-corrected chi connectivity index (χ4v) is 2.62. The molecule has 6 heteroatoms. The number of aliphatic imine (C=N–C) groups is 1. The number of hydrogen-bond acceptors (Lipinski definition) is 4. The molecule has 2 rings (SSSR count). The van der Waals surface area contributed by atoms with Crippen molar-refractivity contribution < 1.29 is 4.74 Å². The van der Waals surface area contributed by atoms with Crippen molar-refractivity contribution >= 4 is 17.3 Å². The summed E-state index contributed by atoms with van der Waals surface area (Å²) in [5.74, 6) is 0.535. The number of nitrogens with two attached hydrogens (primary N) is 1. The summed E-state index contributed by atoms with van der Waals surface area (Å²) in [6, 6.07) is 2.07. The molecule has 1 aromatic rings. The van der Waals surface area contributed by atoms with E-state index >= 15 is 0 Å². The zero-order valence-electron chi connectivity index (χ0n) is 11.2. The Morgan fingerprint density at radius 2 is 2.32 bits per heavy atom. The van der Waals surface area contributed by atoms with Crippen LogP contribution in [0.3, 0.4) is 0 Å². The lowest BCUT2D eigenvalue weighted by Gasteiger charge is -2.26. The Hall–Kier alpha value is -1.11. The summed E-state index contributed by atoms with van der Waals surface area (Å²) in [5, 5.41) is 7.30. The Morgan fingerprint density at radius 1 is 1.47 bits per heavy atom. The van der Waals surface area contributed by atoms with Crippen molar-refractivity contribution in [1.29, 1.82) is 0 Å². The van der Waals surface area contributed by atoms with Crippen molar-refractivity contribution in [2.24, 2.45) is 10.7 Å². The Balaban J connectivity index is 1.55. The summed E-state index contributed by atoms with van der Waals surface area (Å²) < 4.78 is 5.32. The quantitative estimate of drug-likeness (QED) is 0.462. The van der Waals surface area contributed by atoms with E-state index in [0.29, 0.717) is 12.5 Å². The largest absolute Gasteiger partial charge is 0.379 e. The van der Waals surface area contributed by atoms with Crippen LogP contribution in [0, 0.1) is 0 Å². The number of rotatable bonds is 6. The summed E-state index contributed by atoms with van der Waals surface area (Å²) in [4.78, 5) is 6.73. The highest BCUT2D eigenvalue weighted by molar-refractivity contribution is 7.07. The van der Waals surface area contributed by atoms with Gasteiger partial charge in [-0.2, -0.15) is 11.3 Å². The van der Waals surface area contributed by atoms with E-state index in [1.54, 1.807) is 11.3 Å². The lowest BCUT2D eigenvalue weighted by molar-refractivity contribution is 0.0376. The summed E-state index contributed by atoms with van der Waals surface area (Å²) in [7, 11) is 0. The Kier molecular flexibility index (Phi) is 6.13. The van der Waals surface area contributed by atoms with E-state index in [2.05, 4.69) is 32.0 Å². The van der Waals surface area contributed by atoms with Crippen molar-refractivity contribution in [3.8, 4) is 0 Å². The average molecular weight is 282 g/mol. The second-order valence-corrected chi connectivity index (χ2v) is 5.35. The van der Waals surface area contributed by atoms with E-state index in [1.165, 1.54) is 5.56 Å². The monoisotopic (exact) mass is 282 g/mol. The van der Waals surface area contributed by atoms with Crippen LogP contribution in [0.5, 0.6) is 0 Å². The molecule has 0 bridgehead atoms. The molecule has 0 saturated carbocycles. The minimum Gasteiger partial charge on any atom is -0.379 e. The topological polar surface area (TPSA) is 62.9 Å². The van der Waals surface area contributed by atoms with E-state index in [4.69, 9.17) is 10.5 Å². The van der Waals surface area contributed by atoms with Crippen molar-refractivity contribution in [2.45, 2.75) is 13.0 Å². The van der Waals surface area contributed by atoms with Crippen LogP contribution in [0.15, 0.2) is 21.8 Å². The maximum atomic E-state index is 5.82. The average Bonchev–Trinajstić information content (AvgIpc) is 2.96. The van der Waals surface area contributed by atoms with Gasteiger partial charge in [-0.15, -0.1) is 0 Å². The highest BCUT2D eigenvalue weighted by Crippen LogP contribution is 2.06. The van der Waals surface area contributed by atoms with E-state index in [9.17, 15) is 0 Å². The summed E-state index contributed by atoms with van der Waals surface area (Å²) >= 11 is 1.68. The van der Waals surface area contributed by atoms with Crippen LogP contribution in [0.1, 0.15) is 12.0 Å². The number of nitrogens with one attached hydrogen (secondary N) is 1. The molecule has 0 amide bonds. The molecule has 1 aliphatic rings. The lowest BCUT2D eigenvalue weighted by atomic mass is 10.3. The number of thiophene rings is 1. The van der Waals surface area contributed by atoms with Crippen molar-refractivity contribution in [3.63, 3.8) is 0 Å². The van der Waals surface area contributed by atoms with Crippen molar-refractivity contribution in [1.82, 2.24) is 10.2 Å². The van der Waals surface area contributed by atoms with Crippen molar-refractivity contribution in [3.05, 3.63) is 22.4 Å². The first-order chi connectivity index (χ1) is 9.34. The van der Waals surface area contributed by atoms with Gasteiger partial charge in [-0.05, 0) is 35.4 Å². The summed E-state index contributed by atoms with van der Waals surface area (Å²) in [6.07, 6.45) is 1.08. The molecular weight excluding hydrogens is 260 g/mol. The van der Waals surface area contributed by atoms with Crippen LogP contribution in [0.25, 0.3) is 0 Å². The molecule has 0 radical (unpaired) electrons. The molecule has 1 fully saturated rings. The first-order valence-corrected chi connectivity index (χ1v) is 7.64. The number of ether oxygens (including phenoxy) is 1. The normalized spacial score (nSPS) is 17.6. The van der Waals surface area contributed by atoms with Crippen LogP contribution in [0.2, 0.25) is 0 Å². The first-order valence-electron chi connectivity index (χ1n) is 6.69. The van der Waals surface area contributed by atoms with Crippen LogP contribution >= 0.6 is 11.3 Å². The molecule has 2 heterocycles. The molecule has 3 N–H and O–H groups in total. The molecule has 1 aliphatic heterocycles. The third kappa shape index (κ3) is 5.59. The van der Waals surface area contributed by atoms with E-state index < -0.39 is 0 Å². The number of guanidine groups is 1.